The number of ether oxygens (including phenoxy) is 1. The van der Waals surface area contributed by atoms with Gasteiger partial charge in [-0.1, -0.05) is 49.6 Å². The van der Waals surface area contributed by atoms with Crippen LogP contribution in [0.1, 0.15) is 37.7 Å². The van der Waals surface area contributed by atoms with Crippen molar-refractivity contribution in [1.29, 1.82) is 0 Å². The monoisotopic (exact) mass is 265 g/mol. The molecule has 104 valence electrons. The van der Waals surface area contributed by atoms with Crippen LogP contribution in [0.4, 0.5) is 9.18 Å². The Balaban J connectivity index is 1.77. The molecule has 2 unspecified atom stereocenters. The molecule has 1 aromatic carbocycles. The van der Waals surface area contributed by atoms with Gasteiger partial charge < -0.3 is 10.1 Å². The van der Waals surface area contributed by atoms with Crippen LogP contribution in [0.5, 0.6) is 0 Å². The van der Waals surface area contributed by atoms with Gasteiger partial charge in [0.1, 0.15) is 12.8 Å². The quantitative estimate of drug-likeness (QED) is 0.848. The van der Waals surface area contributed by atoms with Crippen LogP contribution >= 0.6 is 0 Å². The number of carbonyl (C=O) groups excluding carboxylic acids is 1. The van der Waals surface area contributed by atoms with E-state index in [0.717, 1.165) is 24.8 Å². The van der Waals surface area contributed by atoms with Crippen molar-refractivity contribution < 1.29 is 13.9 Å². The molecule has 0 saturated heterocycles. The molecule has 1 N–H and O–H groups in total. The lowest BCUT2D eigenvalue weighted by atomic mass is 10.1. The van der Waals surface area contributed by atoms with Gasteiger partial charge in [-0.25, -0.2) is 9.18 Å². The predicted molar refractivity (Wildman–Crippen MR) is 71.5 cm³/mol. The van der Waals surface area contributed by atoms with Gasteiger partial charge in [0.2, 0.25) is 0 Å². The van der Waals surface area contributed by atoms with Crippen LogP contribution < -0.4 is 5.32 Å². The van der Waals surface area contributed by atoms with E-state index in [1.807, 2.05) is 30.3 Å². The molecule has 1 aromatic rings. The second-order valence-corrected chi connectivity index (χ2v) is 4.97. The van der Waals surface area contributed by atoms with Crippen LogP contribution in [0.25, 0.3) is 0 Å². The summed E-state index contributed by atoms with van der Waals surface area (Å²) in [6, 6.07) is 9.06. The molecule has 1 amide bonds. The van der Waals surface area contributed by atoms with Crippen LogP contribution in [-0.2, 0) is 11.3 Å². The highest BCUT2D eigenvalue weighted by atomic mass is 19.1. The van der Waals surface area contributed by atoms with E-state index in [0.29, 0.717) is 12.8 Å². The van der Waals surface area contributed by atoms with E-state index < -0.39 is 18.3 Å². The van der Waals surface area contributed by atoms with Crippen LogP contribution in [0.15, 0.2) is 30.3 Å². The van der Waals surface area contributed by atoms with Gasteiger partial charge in [0, 0.05) is 0 Å². The third-order valence-corrected chi connectivity index (χ3v) is 3.45. The second kappa shape index (κ2) is 7.12. The number of halogens is 1. The molecule has 4 heteroatoms. The maximum absolute atomic E-state index is 13.8. The van der Waals surface area contributed by atoms with Gasteiger partial charge in [0.25, 0.3) is 0 Å². The third-order valence-electron chi connectivity index (χ3n) is 3.45. The molecule has 0 heterocycles. The van der Waals surface area contributed by atoms with E-state index in [1.54, 1.807) is 0 Å². The van der Waals surface area contributed by atoms with Gasteiger partial charge in [-0.15, -0.1) is 0 Å². The summed E-state index contributed by atoms with van der Waals surface area (Å²) in [5.41, 5.74) is 0.926. The summed E-state index contributed by atoms with van der Waals surface area (Å²) < 4.78 is 18.9. The van der Waals surface area contributed by atoms with Gasteiger partial charge in [-0.05, 0) is 18.4 Å². The maximum atomic E-state index is 13.8. The number of alkyl carbamates (subject to hydrolysis) is 1. The van der Waals surface area contributed by atoms with Gasteiger partial charge >= 0.3 is 6.09 Å². The lowest BCUT2D eigenvalue weighted by molar-refractivity contribution is 0.126. The van der Waals surface area contributed by atoms with Crippen LogP contribution in [0.2, 0.25) is 0 Å². The number of alkyl halides is 1. The summed E-state index contributed by atoms with van der Waals surface area (Å²) in [6.07, 6.45) is 2.65. The van der Waals surface area contributed by atoms with Crippen molar-refractivity contribution in [2.45, 2.75) is 50.9 Å². The van der Waals surface area contributed by atoms with E-state index >= 15 is 0 Å². The molecule has 19 heavy (non-hydrogen) atoms. The first-order valence-corrected chi connectivity index (χ1v) is 6.87. The lowest BCUT2D eigenvalue weighted by Gasteiger charge is -2.19. The van der Waals surface area contributed by atoms with Crippen LogP contribution in [0, 0.1) is 0 Å². The number of benzene rings is 1. The standard InChI is InChI=1S/C15H20FNO2/c16-13-9-5-2-6-10-14(13)17-15(18)19-11-12-7-3-1-4-8-12/h1,3-4,7-8,13-14H,2,5-6,9-11H2,(H,17,18). The molecule has 0 aromatic heterocycles. The fourth-order valence-corrected chi connectivity index (χ4v) is 2.34. The number of nitrogens with one attached hydrogen (secondary N) is 1. The summed E-state index contributed by atoms with van der Waals surface area (Å²) in [6.45, 7) is 0.219. The number of carbonyl (C=O) groups is 1. The SMILES string of the molecule is O=C(NC1CCCCCC1F)OCc1ccccc1. The van der Waals surface area contributed by atoms with Crippen LogP contribution in [-0.4, -0.2) is 18.3 Å². The van der Waals surface area contributed by atoms with Crippen molar-refractivity contribution >= 4 is 6.09 Å². The smallest absolute Gasteiger partial charge is 0.407 e. The predicted octanol–water partition coefficient (Wildman–Crippen LogP) is 3.58. The third kappa shape index (κ3) is 4.54. The van der Waals surface area contributed by atoms with Gasteiger partial charge in [-0.2, -0.15) is 0 Å². The normalized spacial score (nSPS) is 23.4. The molecule has 0 bridgehead atoms. The Morgan fingerprint density at radius 3 is 2.74 bits per heavy atom. The zero-order valence-corrected chi connectivity index (χ0v) is 11.0. The first-order valence-electron chi connectivity index (χ1n) is 6.87. The Morgan fingerprint density at radius 1 is 1.21 bits per heavy atom. The maximum Gasteiger partial charge on any atom is 0.407 e. The van der Waals surface area contributed by atoms with Crippen molar-refractivity contribution in [3.63, 3.8) is 0 Å². The fraction of sp³-hybridized carbons (Fsp3) is 0.533. The van der Waals surface area contributed by atoms with Gasteiger partial charge in [-0.3, -0.25) is 0 Å². The summed E-state index contributed by atoms with van der Waals surface area (Å²) in [5, 5.41) is 2.64. The highest BCUT2D eigenvalue weighted by molar-refractivity contribution is 5.67. The van der Waals surface area contributed by atoms with Crippen molar-refractivity contribution in [2.24, 2.45) is 0 Å². The largest absolute Gasteiger partial charge is 0.445 e. The number of rotatable bonds is 3. The average Bonchev–Trinajstić information content (AvgIpc) is 2.63. The van der Waals surface area contributed by atoms with E-state index in [-0.39, 0.29) is 6.61 Å². The van der Waals surface area contributed by atoms with Gasteiger partial charge in [0.15, 0.2) is 0 Å². The summed E-state index contributed by atoms with van der Waals surface area (Å²) in [5.74, 6) is 0. The molecule has 3 nitrogen and oxygen atoms in total. The number of amides is 1. The fourth-order valence-electron chi connectivity index (χ4n) is 2.34. The second-order valence-electron chi connectivity index (χ2n) is 4.97. The molecular weight excluding hydrogens is 245 g/mol. The highest BCUT2D eigenvalue weighted by Crippen LogP contribution is 2.20. The minimum Gasteiger partial charge on any atom is -0.445 e. The molecule has 1 aliphatic rings. The van der Waals surface area contributed by atoms with Crippen molar-refractivity contribution in [2.75, 3.05) is 0 Å². The zero-order valence-electron chi connectivity index (χ0n) is 11.0. The molecule has 0 radical (unpaired) electrons. The van der Waals surface area contributed by atoms with Crippen molar-refractivity contribution in [3.05, 3.63) is 35.9 Å². The minimum atomic E-state index is -0.952. The average molecular weight is 265 g/mol. The molecular formula is C15H20FNO2. The lowest BCUT2D eigenvalue weighted by Crippen LogP contribution is -2.41. The van der Waals surface area contributed by atoms with E-state index in [9.17, 15) is 9.18 Å². The Labute approximate surface area is 113 Å². The molecule has 0 spiro atoms. The Kier molecular flexibility index (Phi) is 5.19. The first kappa shape index (κ1) is 13.8. The summed E-state index contributed by atoms with van der Waals surface area (Å²) in [7, 11) is 0. The number of hydrogen-bond acceptors (Lipinski definition) is 2. The van der Waals surface area contributed by atoms with E-state index in [1.165, 1.54) is 0 Å². The first-order chi connectivity index (χ1) is 9.25. The Bertz CT molecular complexity index is 396. The van der Waals surface area contributed by atoms with E-state index in [4.69, 9.17) is 4.74 Å². The number of hydrogen-bond donors (Lipinski definition) is 1. The molecule has 2 rings (SSSR count). The summed E-state index contributed by atoms with van der Waals surface area (Å²) >= 11 is 0. The van der Waals surface area contributed by atoms with E-state index in [2.05, 4.69) is 5.32 Å². The molecule has 1 aliphatic carbocycles. The molecule has 0 aliphatic heterocycles. The van der Waals surface area contributed by atoms with Gasteiger partial charge in [0.05, 0.1) is 6.04 Å². The van der Waals surface area contributed by atoms with Crippen LogP contribution in [0.3, 0.4) is 0 Å². The Morgan fingerprint density at radius 2 is 1.95 bits per heavy atom. The highest BCUT2D eigenvalue weighted by Gasteiger charge is 2.25. The molecule has 1 saturated carbocycles. The van der Waals surface area contributed by atoms with Crippen molar-refractivity contribution in [3.8, 4) is 0 Å². The minimum absolute atomic E-state index is 0.219. The molecule has 2 atom stereocenters. The molecule has 1 fully saturated rings. The van der Waals surface area contributed by atoms with Crippen molar-refractivity contribution in [1.82, 2.24) is 5.32 Å². The Hall–Kier alpha value is -1.58. The zero-order chi connectivity index (χ0) is 13.5. The topological polar surface area (TPSA) is 38.3 Å². The summed E-state index contributed by atoms with van der Waals surface area (Å²) in [4.78, 5) is 11.6.